The van der Waals surface area contributed by atoms with Gasteiger partial charge < -0.3 is 9.42 Å². The molecule has 110 valence electrons. The number of hydrogen-bond acceptors (Lipinski definition) is 4. The molecule has 1 unspecified atom stereocenters. The summed E-state index contributed by atoms with van der Waals surface area (Å²) in [6, 6.07) is 6.21. The first-order chi connectivity index (χ1) is 10.2. The number of carbonyl (C=O) groups is 1. The number of hydrogen-bond donors (Lipinski definition) is 0. The van der Waals surface area contributed by atoms with Crippen molar-refractivity contribution in [3.05, 3.63) is 47.4 Å². The van der Waals surface area contributed by atoms with Crippen LogP contribution in [0.15, 0.2) is 28.8 Å². The fraction of sp³-hybridized carbons (Fsp3) is 0.400. The van der Waals surface area contributed by atoms with Crippen molar-refractivity contribution < 1.29 is 13.7 Å². The van der Waals surface area contributed by atoms with E-state index in [0.717, 1.165) is 0 Å². The number of likely N-dealkylation sites (tertiary alicyclic amines) is 1. The van der Waals surface area contributed by atoms with Crippen LogP contribution in [0.25, 0.3) is 0 Å². The van der Waals surface area contributed by atoms with Gasteiger partial charge in [-0.3, -0.25) is 4.79 Å². The topological polar surface area (TPSA) is 59.2 Å². The molecule has 0 aliphatic carbocycles. The zero-order chi connectivity index (χ0) is 14.8. The number of carbonyl (C=O) groups excluding carboxylic acids is 1. The third-order valence-electron chi connectivity index (χ3n) is 3.71. The molecule has 6 heteroatoms. The molecule has 0 N–H and O–H groups in total. The third-order valence-corrected chi connectivity index (χ3v) is 3.71. The third kappa shape index (κ3) is 2.66. The molecule has 0 radical (unpaired) electrons. The van der Waals surface area contributed by atoms with Gasteiger partial charge in [-0.1, -0.05) is 30.3 Å². The standard InChI is InChI=1S/C15H16FN3O2/c1-2-13-17-15(21-18-13)12-7-8-14(20)19(12)9-10-5-3-4-6-11(10)16/h3-6,12H,2,7-9H2,1H3. The molecule has 1 aliphatic rings. The van der Waals surface area contributed by atoms with Crippen molar-refractivity contribution in [2.45, 2.75) is 38.8 Å². The van der Waals surface area contributed by atoms with Crippen molar-refractivity contribution in [3.8, 4) is 0 Å². The Labute approximate surface area is 121 Å². The predicted molar refractivity (Wildman–Crippen MR) is 72.6 cm³/mol. The highest BCUT2D eigenvalue weighted by atomic mass is 19.1. The van der Waals surface area contributed by atoms with Crippen molar-refractivity contribution in [1.82, 2.24) is 15.0 Å². The summed E-state index contributed by atoms with van der Waals surface area (Å²) in [5, 5.41) is 3.87. The Balaban J connectivity index is 1.84. The summed E-state index contributed by atoms with van der Waals surface area (Å²) in [6.07, 6.45) is 1.72. The van der Waals surface area contributed by atoms with E-state index in [9.17, 15) is 9.18 Å². The van der Waals surface area contributed by atoms with Crippen LogP contribution in [0.5, 0.6) is 0 Å². The van der Waals surface area contributed by atoms with Crippen LogP contribution in [0.2, 0.25) is 0 Å². The molecule has 3 rings (SSSR count). The van der Waals surface area contributed by atoms with E-state index in [0.29, 0.717) is 36.5 Å². The Bertz CT molecular complexity index is 656. The highest BCUT2D eigenvalue weighted by Crippen LogP contribution is 2.33. The molecule has 2 aromatic rings. The minimum absolute atomic E-state index is 0.0144. The van der Waals surface area contributed by atoms with Gasteiger partial charge in [0, 0.05) is 24.9 Å². The van der Waals surface area contributed by atoms with Crippen LogP contribution < -0.4 is 0 Å². The fourth-order valence-corrected chi connectivity index (χ4v) is 2.55. The lowest BCUT2D eigenvalue weighted by atomic mass is 10.1. The van der Waals surface area contributed by atoms with Crippen molar-refractivity contribution in [3.63, 3.8) is 0 Å². The molecule has 1 aromatic heterocycles. The predicted octanol–water partition coefficient (Wildman–Crippen LogP) is 2.63. The van der Waals surface area contributed by atoms with Crippen LogP contribution in [-0.2, 0) is 17.8 Å². The molecule has 1 atom stereocenters. The largest absolute Gasteiger partial charge is 0.337 e. The first-order valence-corrected chi connectivity index (χ1v) is 7.04. The van der Waals surface area contributed by atoms with Gasteiger partial charge in [-0.05, 0) is 12.5 Å². The number of aromatic nitrogens is 2. The molecule has 1 aromatic carbocycles. The Kier molecular flexibility index (Phi) is 3.68. The minimum Gasteiger partial charge on any atom is -0.337 e. The van der Waals surface area contributed by atoms with Crippen LogP contribution in [0.4, 0.5) is 4.39 Å². The average molecular weight is 289 g/mol. The van der Waals surface area contributed by atoms with Gasteiger partial charge in [-0.2, -0.15) is 4.98 Å². The molecule has 5 nitrogen and oxygen atoms in total. The maximum atomic E-state index is 13.8. The number of rotatable bonds is 4. The van der Waals surface area contributed by atoms with E-state index in [1.165, 1.54) is 6.07 Å². The summed E-state index contributed by atoms with van der Waals surface area (Å²) in [4.78, 5) is 18.0. The molecule has 1 fully saturated rings. The monoisotopic (exact) mass is 289 g/mol. The van der Waals surface area contributed by atoms with Crippen molar-refractivity contribution in [2.75, 3.05) is 0 Å². The SMILES string of the molecule is CCc1noc(C2CCC(=O)N2Cc2ccccc2F)n1. The molecule has 0 saturated carbocycles. The summed E-state index contributed by atoms with van der Waals surface area (Å²) >= 11 is 0. The Hall–Kier alpha value is -2.24. The number of amides is 1. The maximum Gasteiger partial charge on any atom is 0.249 e. The smallest absolute Gasteiger partial charge is 0.249 e. The summed E-state index contributed by atoms with van der Waals surface area (Å²) in [5.74, 6) is 0.736. The molecular weight excluding hydrogens is 273 g/mol. The second kappa shape index (κ2) is 5.63. The van der Waals surface area contributed by atoms with E-state index in [4.69, 9.17) is 4.52 Å². The van der Waals surface area contributed by atoms with Crippen LogP contribution >= 0.6 is 0 Å². The van der Waals surface area contributed by atoms with Crippen LogP contribution in [0.1, 0.15) is 43.1 Å². The molecule has 2 heterocycles. The zero-order valence-corrected chi connectivity index (χ0v) is 11.8. The lowest BCUT2D eigenvalue weighted by molar-refractivity contribution is -0.130. The minimum atomic E-state index is -0.310. The summed E-state index contributed by atoms with van der Waals surface area (Å²) in [6.45, 7) is 2.16. The lowest BCUT2D eigenvalue weighted by Gasteiger charge is -2.22. The lowest BCUT2D eigenvalue weighted by Crippen LogP contribution is -2.27. The van der Waals surface area contributed by atoms with Gasteiger partial charge in [-0.25, -0.2) is 4.39 Å². The van der Waals surface area contributed by atoms with Crippen molar-refractivity contribution in [1.29, 1.82) is 0 Å². The van der Waals surface area contributed by atoms with Crippen LogP contribution in [-0.4, -0.2) is 20.9 Å². The van der Waals surface area contributed by atoms with Gasteiger partial charge in [0.25, 0.3) is 0 Å². The van der Waals surface area contributed by atoms with E-state index >= 15 is 0 Å². The molecule has 1 saturated heterocycles. The van der Waals surface area contributed by atoms with E-state index in [2.05, 4.69) is 10.1 Å². The Morgan fingerprint density at radius 2 is 2.24 bits per heavy atom. The molecule has 1 amide bonds. The van der Waals surface area contributed by atoms with Crippen molar-refractivity contribution in [2.24, 2.45) is 0 Å². The van der Waals surface area contributed by atoms with Gasteiger partial charge in [0.1, 0.15) is 11.9 Å². The Morgan fingerprint density at radius 1 is 1.43 bits per heavy atom. The average Bonchev–Trinajstić information content (AvgIpc) is 3.09. The number of halogens is 1. The van der Waals surface area contributed by atoms with E-state index < -0.39 is 0 Å². The second-order valence-corrected chi connectivity index (χ2v) is 5.07. The first kappa shape index (κ1) is 13.7. The normalized spacial score (nSPS) is 18.5. The van der Waals surface area contributed by atoms with Gasteiger partial charge in [-0.15, -0.1) is 0 Å². The van der Waals surface area contributed by atoms with Gasteiger partial charge >= 0.3 is 0 Å². The van der Waals surface area contributed by atoms with Crippen molar-refractivity contribution >= 4 is 5.91 Å². The van der Waals surface area contributed by atoms with E-state index in [1.807, 2.05) is 6.92 Å². The molecule has 0 bridgehead atoms. The quantitative estimate of drug-likeness (QED) is 0.868. The zero-order valence-electron chi connectivity index (χ0n) is 11.8. The molecule has 1 aliphatic heterocycles. The van der Waals surface area contributed by atoms with Gasteiger partial charge in [0.15, 0.2) is 5.82 Å². The number of benzene rings is 1. The second-order valence-electron chi connectivity index (χ2n) is 5.07. The first-order valence-electron chi connectivity index (χ1n) is 7.04. The maximum absolute atomic E-state index is 13.8. The van der Waals surface area contributed by atoms with Crippen LogP contribution in [0, 0.1) is 5.82 Å². The summed E-state index contributed by atoms with van der Waals surface area (Å²) in [7, 11) is 0. The Morgan fingerprint density at radius 3 is 2.95 bits per heavy atom. The van der Waals surface area contributed by atoms with E-state index in [1.54, 1.807) is 23.1 Å². The highest BCUT2D eigenvalue weighted by Gasteiger charge is 2.36. The van der Waals surface area contributed by atoms with Crippen LogP contribution in [0.3, 0.4) is 0 Å². The highest BCUT2D eigenvalue weighted by molar-refractivity contribution is 5.78. The molecule has 21 heavy (non-hydrogen) atoms. The fourth-order valence-electron chi connectivity index (χ4n) is 2.55. The molecule has 0 spiro atoms. The van der Waals surface area contributed by atoms with E-state index in [-0.39, 0.29) is 24.3 Å². The number of nitrogens with zero attached hydrogens (tertiary/aromatic N) is 3. The summed E-state index contributed by atoms with van der Waals surface area (Å²) < 4.78 is 19.0. The molecular formula is C15H16FN3O2. The summed E-state index contributed by atoms with van der Waals surface area (Å²) in [5.41, 5.74) is 0.494. The van der Waals surface area contributed by atoms with Gasteiger partial charge in [0.05, 0.1) is 0 Å². The number of aryl methyl sites for hydroxylation is 1. The van der Waals surface area contributed by atoms with Gasteiger partial charge in [0.2, 0.25) is 11.8 Å².